The van der Waals surface area contributed by atoms with Crippen molar-refractivity contribution in [3.8, 4) is 0 Å². The van der Waals surface area contributed by atoms with Gasteiger partial charge in [0, 0.05) is 5.69 Å². The first-order chi connectivity index (χ1) is 12.3. The molecule has 7 heteroatoms. The van der Waals surface area contributed by atoms with Gasteiger partial charge in [0.15, 0.2) is 0 Å². The minimum Gasteiger partial charge on any atom is -0.439 e. The molecule has 1 aromatic heterocycles. The number of amides is 2. The van der Waals surface area contributed by atoms with E-state index in [1.54, 1.807) is 25.3 Å². The largest absolute Gasteiger partial charge is 0.439 e. The number of urea groups is 1. The maximum atomic E-state index is 12.4. The van der Waals surface area contributed by atoms with Gasteiger partial charge in [0.2, 0.25) is 0 Å². The number of anilines is 1. The molecule has 4 rings (SSSR count). The fourth-order valence-electron chi connectivity index (χ4n) is 3.57. The third-order valence-electron chi connectivity index (χ3n) is 5.10. The number of aryl methyl sites for hydroxylation is 2. The van der Waals surface area contributed by atoms with Gasteiger partial charge in [-0.05, 0) is 83.4 Å². The highest BCUT2D eigenvalue weighted by atomic mass is 32.2. The topological polar surface area (TPSA) is 78.8 Å². The van der Waals surface area contributed by atoms with Crippen LogP contribution >= 0.6 is 11.3 Å². The third kappa shape index (κ3) is 3.19. The van der Waals surface area contributed by atoms with Crippen LogP contribution in [0.5, 0.6) is 0 Å². The number of benzene rings is 1. The first-order valence-electron chi connectivity index (χ1n) is 8.75. The summed E-state index contributed by atoms with van der Waals surface area (Å²) in [4.78, 5) is 12.4. The van der Waals surface area contributed by atoms with Crippen LogP contribution in [0.4, 0.5) is 10.5 Å². The van der Waals surface area contributed by atoms with E-state index in [-0.39, 0.29) is 0 Å². The van der Waals surface area contributed by atoms with Gasteiger partial charge in [-0.2, -0.15) is 11.3 Å². The lowest BCUT2D eigenvalue weighted by Crippen LogP contribution is -2.18. The Bertz CT molecular complexity index is 979. The van der Waals surface area contributed by atoms with Gasteiger partial charge < -0.3 is 19.0 Å². The molecule has 0 atom stereocenters. The summed E-state index contributed by atoms with van der Waals surface area (Å²) in [5, 5.41) is 14.7. The number of thiophene rings is 1. The highest BCUT2D eigenvalue weighted by Gasteiger charge is 2.26. The van der Waals surface area contributed by atoms with E-state index in [0.717, 1.165) is 37.8 Å². The van der Waals surface area contributed by atoms with Gasteiger partial charge in [-0.25, -0.2) is 4.79 Å². The minimum absolute atomic E-state index is 0.462. The Morgan fingerprint density at radius 2 is 1.92 bits per heavy atom. The Morgan fingerprint density at radius 1 is 1.19 bits per heavy atom. The quantitative estimate of drug-likeness (QED) is 0.768. The lowest BCUT2D eigenvalue weighted by molar-refractivity contribution is 0.0789. The zero-order valence-corrected chi connectivity index (χ0v) is 16.4. The van der Waals surface area contributed by atoms with Crippen LogP contribution in [-0.4, -0.2) is 11.1 Å². The number of fused-ring (bicyclic) bond motifs is 2. The molecule has 2 N–H and O–H groups in total. The van der Waals surface area contributed by atoms with Crippen LogP contribution in [-0.2, 0) is 46.1 Å². The number of carbonyl (C=O) groups excluding carboxylic acids is 1. The standard InChI is InChI=1S/C19H21N2O3S2/c1-19(2,23)13-9-16(25-10-13)26(24)21-18(22)20-17-14-5-3-4-11(14)8-12-6-7-15(12)17/h8-10,23H,3-7H2,1-2H3,(H,20,22)/q-1. The minimum atomic E-state index is -1.77. The van der Waals surface area contributed by atoms with E-state index in [1.165, 1.54) is 33.6 Å². The fourth-order valence-corrected chi connectivity index (χ4v) is 5.47. The zero-order chi connectivity index (χ0) is 18.5. The maximum absolute atomic E-state index is 12.4. The Morgan fingerprint density at radius 3 is 2.58 bits per heavy atom. The number of hydrogen-bond acceptors (Lipinski definition) is 5. The van der Waals surface area contributed by atoms with Crippen LogP contribution in [0, 0.1) is 0 Å². The van der Waals surface area contributed by atoms with Gasteiger partial charge in [-0.1, -0.05) is 12.1 Å². The van der Waals surface area contributed by atoms with E-state index < -0.39 is 22.2 Å². The molecule has 1 heterocycles. The molecule has 0 bridgehead atoms. The third-order valence-corrected chi connectivity index (χ3v) is 7.33. The molecule has 5 nitrogen and oxygen atoms in total. The molecule has 2 amide bonds. The first-order valence-corrected chi connectivity index (χ1v) is 10.7. The smallest absolute Gasteiger partial charge is 0.322 e. The molecule has 0 saturated heterocycles. The predicted octanol–water partition coefficient (Wildman–Crippen LogP) is 4.30. The molecule has 138 valence electrons. The fraction of sp³-hybridized carbons (Fsp3) is 0.421. The predicted molar refractivity (Wildman–Crippen MR) is 103 cm³/mol. The van der Waals surface area contributed by atoms with Crippen molar-refractivity contribution in [2.45, 2.75) is 55.8 Å². The number of hydrogen-bond donors (Lipinski definition) is 2. The number of rotatable bonds is 3. The van der Waals surface area contributed by atoms with Crippen LogP contribution < -0.4 is 5.32 Å². The summed E-state index contributed by atoms with van der Waals surface area (Å²) < 4.78 is 16.7. The van der Waals surface area contributed by atoms with Crippen molar-refractivity contribution >= 4 is 33.7 Å². The highest BCUT2D eigenvalue weighted by molar-refractivity contribution is 7.78. The zero-order valence-electron chi connectivity index (χ0n) is 14.8. The molecule has 0 fully saturated rings. The summed E-state index contributed by atoms with van der Waals surface area (Å²) in [5.74, 6) is 0. The van der Waals surface area contributed by atoms with E-state index in [0.29, 0.717) is 9.77 Å². The molecule has 0 radical (unpaired) electrons. The van der Waals surface area contributed by atoms with Crippen LogP contribution in [0.15, 0.2) is 26.1 Å². The molecule has 0 spiro atoms. The van der Waals surface area contributed by atoms with E-state index in [1.807, 2.05) is 0 Å². The highest BCUT2D eigenvalue weighted by Crippen LogP contribution is 2.39. The van der Waals surface area contributed by atoms with Crippen molar-refractivity contribution in [1.82, 2.24) is 0 Å². The second kappa shape index (κ2) is 6.48. The van der Waals surface area contributed by atoms with E-state index in [4.69, 9.17) is 0 Å². The SMILES string of the molecule is CC(C)(O)c1csc([S-](=O)=NC(=O)Nc2c3c(cc4c2CC4)CCC3)c1. The average Bonchev–Trinajstić information content (AvgIpc) is 3.18. The Hall–Kier alpha value is -1.70. The summed E-state index contributed by atoms with van der Waals surface area (Å²) in [6.45, 7) is 3.33. The van der Waals surface area contributed by atoms with E-state index in [2.05, 4.69) is 15.7 Å². The van der Waals surface area contributed by atoms with Crippen molar-refractivity contribution in [3.63, 3.8) is 0 Å². The number of aliphatic hydroxyl groups is 1. The number of nitrogens with one attached hydrogen (secondary N) is 1. The molecular weight excluding hydrogens is 368 g/mol. The number of nitrogens with zero attached hydrogens (tertiary/aromatic N) is 1. The Balaban J connectivity index is 1.57. The molecule has 2 aliphatic rings. The van der Waals surface area contributed by atoms with Gasteiger partial charge in [-0.3, -0.25) is 0 Å². The van der Waals surface area contributed by atoms with Gasteiger partial charge in [0.25, 0.3) is 0 Å². The Labute approximate surface area is 158 Å². The van der Waals surface area contributed by atoms with Crippen molar-refractivity contribution in [2.24, 2.45) is 4.36 Å². The van der Waals surface area contributed by atoms with Crippen LogP contribution in [0.2, 0.25) is 0 Å². The van der Waals surface area contributed by atoms with Crippen molar-refractivity contribution in [1.29, 1.82) is 0 Å². The van der Waals surface area contributed by atoms with Gasteiger partial charge in [-0.15, -0.1) is 10.6 Å². The van der Waals surface area contributed by atoms with Crippen LogP contribution in [0.3, 0.4) is 0 Å². The molecule has 26 heavy (non-hydrogen) atoms. The second-order valence-corrected chi connectivity index (χ2v) is 9.65. The van der Waals surface area contributed by atoms with Gasteiger partial charge in [0.05, 0.1) is 5.60 Å². The van der Waals surface area contributed by atoms with Crippen molar-refractivity contribution in [2.75, 3.05) is 5.32 Å². The maximum Gasteiger partial charge on any atom is 0.322 e. The second-order valence-electron chi connectivity index (χ2n) is 7.36. The molecule has 0 aliphatic heterocycles. The van der Waals surface area contributed by atoms with Crippen LogP contribution in [0.25, 0.3) is 0 Å². The van der Waals surface area contributed by atoms with E-state index in [9.17, 15) is 14.1 Å². The summed E-state index contributed by atoms with van der Waals surface area (Å²) in [6.07, 6.45) is 5.18. The van der Waals surface area contributed by atoms with Gasteiger partial charge in [0.1, 0.15) is 0 Å². The normalized spacial score (nSPS) is 16.7. The molecule has 2 aromatic rings. The summed E-state index contributed by atoms with van der Waals surface area (Å²) in [5.41, 5.74) is 5.63. The summed E-state index contributed by atoms with van der Waals surface area (Å²) in [7, 11) is -1.77. The Kier molecular flexibility index (Phi) is 4.41. The van der Waals surface area contributed by atoms with E-state index >= 15 is 0 Å². The molecule has 1 aromatic carbocycles. The molecular formula is C19H21N2O3S2-. The summed E-state index contributed by atoms with van der Waals surface area (Å²) in [6, 6.07) is 3.34. The molecule has 2 aliphatic carbocycles. The van der Waals surface area contributed by atoms with Crippen molar-refractivity contribution in [3.05, 3.63) is 45.3 Å². The van der Waals surface area contributed by atoms with Crippen molar-refractivity contribution < 1.29 is 14.1 Å². The molecule has 0 unspecified atom stereocenters. The monoisotopic (exact) mass is 389 g/mol. The van der Waals surface area contributed by atoms with Gasteiger partial charge >= 0.3 is 6.03 Å². The lowest BCUT2D eigenvalue weighted by Gasteiger charge is -2.25. The lowest BCUT2D eigenvalue weighted by atomic mass is 9.83. The average molecular weight is 390 g/mol. The first kappa shape index (κ1) is 17.7. The molecule has 0 saturated carbocycles. The number of carbonyl (C=O) groups is 1. The van der Waals surface area contributed by atoms with Crippen LogP contribution in [0.1, 0.15) is 48.1 Å². The summed E-state index contributed by atoms with van der Waals surface area (Å²) >= 11 is 1.24.